The summed E-state index contributed by atoms with van der Waals surface area (Å²) in [7, 11) is 1.88. The SMILES string of the molecule is CN=C(NCCCc1ccc(C(C)C)cc1)N1CCCC1.I. The Kier molecular flexibility index (Phi) is 8.83. The lowest BCUT2D eigenvalue weighted by Gasteiger charge is -2.20. The van der Waals surface area contributed by atoms with Gasteiger partial charge >= 0.3 is 0 Å². The van der Waals surface area contributed by atoms with E-state index in [4.69, 9.17) is 0 Å². The molecule has 4 heteroatoms. The Hall–Kier alpha value is -0.780. The number of nitrogens with one attached hydrogen (secondary N) is 1. The highest BCUT2D eigenvalue weighted by Crippen LogP contribution is 2.15. The molecular formula is C18H30IN3. The van der Waals surface area contributed by atoms with Crippen LogP contribution in [0.25, 0.3) is 0 Å². The highest BCUT2D eigenvalue weighted by Gasteiger charge is 2.14. The molecular weight excluding hydrogens is 385 g/mol. The summed E-state index contributed by atoms with van der Waals surface area (Å²) in [5.41, 5.74) is 2.85. The van der Waals surface area contributed by atoms with Gasteiger partial charge in [-0.3, -0.25) is 4.99 Å². The molecule has 1 aromatic carbocycles. The van der Waals surface area contributed by atoms with Crippen molar-refractivity contribution in [2.45, 2.75) is 45.4 Å². The lowest BCUT2D eigenvalue weighted by atomic mass is 10.0. The van der Waals surface area contributed by atoms with E-state index in [0.29, 0.717) is 5.92 Å². The van der Waals surface area contributed by atoms with E-state index >= 15 is 0 Å². The summed E-state index contributed by atoms with van der Waals surface area (Å²) in [4.78, 5) is 6.74. The lowest BCUT2D eigenvalue weighted by Crippen LogP contribution is -2.40. The molecule has 0 aliphatic carbocycles. The fraction of sp³-hybridized carbons (Fsp3) is 0.611. The molecule has 0 spiro atoms. The van der Waals surface area contributed by atoms with Gasteiger partial charge in [-0.25, -0.2) is 0 Å². The van der Waals surface area contributed by atoms with E-state index in [1.807, 2.05) is 7.05 Å². The van der Waals surface area contributed by atoms with Crippen molar-refractivity contribution in [3.05, 3.63) is 35.4 Å². The molecule has 0 radical (unpaired) electrons. The maximum absolute atomic E-state index is 4.38. The molecule has 1 aliphatic rings. The predicted molar refractivity (Wildman–Crippen MR) is 106 cm³/mol. The van der Waals surface area contributed by atoms with Crippen LogP contribution in [-0.4, -0.2) is 37.5 Å². The van der Waals surface area contributed by atoms with Crippen molar-refractivity contribution in [2.75, 3.05) is 26.7 Å². The molecule has 0 bridgehead atoms. The summed E-state index contributed by atoms with van der Waals surface area (Å²) in [6, 6.07) is 9.06. The number of aliphatic imine (C=N–C) groups is 1. The van der Waals surface area contributed by atoms with E-state index in [9.17, 15) is 0 Å². The number of halogens is 1. The van der Waals surface area contributed by atoms with Gasteiger partial charge in [0, 0.05) is 26.7 Å². The Labute approximate surface area is 152 Å². The number of guanidine groups is 1. The van der Waals surface area contributed by atoms with Crippen LogP contribution in [0.2, 0.25) is 0 Å². The van der Waals surface area contributed by atoms with Crippen molar-refractivity contribution >= 4 is 29.9 Å². The van der Waals surface area contributed by atoms with Crippen LogP contribution in [0.5, 0.6) is 0 Å². The molecule has 3 nitrogen and oxygen atoms in total. The Bertz CT molecular complexity index is 448. The fourth-order valence-corrected chi connectivity index (χ4v) is 2.82. The van der Waals surface area contributed by atoms with Gasteiger partial charge in [-0.15, -0.1) is 24.0 Å². The van der Waals surface area contributed by atoms with Gasteiger partial charge in [0.1, 0.15) is 0 Å². The first-order chi connectivity index (χ1) is 10.2. The molecule has 1 saturated heterocycles. The van der Waals surface area contributed by atoms with Gasteiger partial charge in [-0.1, -0.05) is 38.1 Å². The second-order valence-corrected chi connectivity index (χ2v) is 6.17. The second-order valence-electron chi connectivity index (χ2n) is 6.17. The van der Waals surface area contributed by atoms with E-state index < -0.39 is 0 Å². The molecule has 0 unspecified atom stereocenters. The second kappa shape index (κ2) is 10.1. The number of nitrogens with zero attached hydrogens (tertiary/aromatic N) is 2. The monoisotopic (exact) mass is 415 g/mol. The third-order valence-corrected chi connectivity index (χ3v) is 4.19. The van der Waals surface area contributed by atoms with Crippen molar-refractivity contribution in [3.63, 3.8) is 0 Å². The molecule has 1 fully saturated rings. The molecule has 1 aromatic rings. The molecule has 0 aromatic heterocycles. The van der Waals surface area contributed by atoms with Crippen LogP contribution in [0, 0.1) is 0 Å². The Balaban J connectivity index is 0.00000242. The van der Waals surface area contributed by atoms with Crippen LogP contribution < -0.4 is 5.32 Å². The number of likely N-dealkylation sites (tertiary alicyclic amines) is 1. The first-order valence-corrected chi connectivity index (χ1v) is 8.25. The number of rotatable bonds is 5. The molecule has 22 heavy (non-hydrogen) atoms. The van der Waals surface area contributed by atoms with E-state index in [-0.39, 0.29) is 24.0 Å². The lowest BCUT2D eigenvalue weighted by molar-refractivity contribution is 0.492. The Morgan fingerprint density at radius 3 is 2.36 bits per heavy atom. The zero-order valence-corrected chi connectivity index (χ0v) is 16.5. The summed E-state index contributed by atoms with van der Waals surface area (Å²) < 4.78 is 0. The van der Waals surface area contributed by atoms with Crippen molar-refractivity contribution < 1.29 is 0 Å². The molecule has 1 aliphatic heterocycles. The normalized spacial score (nSPS) is 15.1. The maximum atomic E-state index is 4.38. The van der Waals surface area contributed by atoms with E-state index in [1.165, 1.54) is 24.0 Å². The van der Waals surface area contributed by atoms with Crippen molar-refractivity contribution in [2.24, 2.45) is 4.99 Å². The van der Waals surface area contributed by atoms with Gasteiger partial charge in [0.25, 0.3) is 0 Å². The number of aryl methyl sites for hydroxylation is 1. The number of hydrogen-bond donors (Lipinski definition) is 1. The third-order valence-electron chi connectivity index (χ3n) is 4.19. The van der Waals surface area contributed by atoms with Crippen LogP contribution >= 0.6 is 24.0 Å². The van der Waals surface area contributed by atoms with Crippen LogP contribution in [-0.2, 0) is 6.42 Å². The van der Waals surface area contributed by atoms with Crippen molar-refractivity contribution in [3.8, 4) is 0 Å². The van der Waals surface area contributed by atoms with Crippen molar-refractivity contribution in [1.29, 1.82) is 0 Å². The average Bonchev–Trinajstić information content (AvgIpc) is 3.02. The highest BCUT2D eigenvalue weighted by atomic mass is 127. The molecule has 0 saturated carbocycles. The van der Waals surface area contributed by atoms with Gasteiger partial charge in [0.05, 0.1) is 0 Å². The Morgan fingerprint density at radius 1 is 1.18 bits per heavy atom. The molecule has 0 amide bonds. The minimum Gasteiger partial charge on any atom is -0.356 e. The van der Waals surface area contributed by atoms with Gasteiger partial charge < -0.3 is 10.2 Å². The zero-order chi connectivity index (χ0) is 15.1. The molecule has 1 N–H and O–H groups in total. The van der Waals surface area contributed by atoms with Crippen molar-refractivity contribution in [1.82, 2.24) is 10.2 Å². The largest absolute Gasteiger partial charge is 0.356 e. The van der Waals surface area contributed by atoms with Crippen LogP contribution in [0.3, 0.4) is 0 Å². The van der Waals surface area contributed by atoms with Crippen LogP contribution in [0.15, 0.2) is 29.3 Å². The maximum Gasteiger partial charge on any atom is 0.193 e. The smallest absolute Gasteiger partial charge is 0.193 e. The first-order valence-electron chi connectivity index (χ1n) is 8.25. The Morgan fingerprint density at radius 2 is 1.82 bits per heavy atom. The summed E-state index contributed by atoms with van der Waals surface area (Å²) in [5.74, 6) is 1.69. The predicted octanol–water partition coefficient (Wildman–Crippen LogP) is 4.03. The van der Waals surface area contributed by atoms with E-state index in [1.54, 1.807) is 0 Å². The average molecular weight is 415 g/mol. The summed E-state index contributed by atoms with van der Waals surface area (Å²) in [6.45, 7) is 7.77. The van der Waals surface area contributed by atoms with Gasteiger partial charge in [0.15, 0.2) is 5.96 Å². The quantitative estimate of drug-likeness (QED) is 0.340. The van der Waals surface area contributed by atoms with E-state index in [0.717, 1.165) is 38.4 Å². The van der Waals surface area contributed by atoms with Crippen LogP contribution in [0.1, 0.15) is 50.2 Å². The minimum atomic E-state index is 0. The standard InChI is InChI=1S/C18H29N3.HI/c1-15(2)17-10-8-16(9-11-17)7-6-12-20-18(19-3)21-13-4-5-14-21;/h8-11,15H,4-7,12-14H2,1-3H3,(H,19,20);1H. The molecule has 2 rings (SSSR count). The molecule has 1 heterocycles. The third kappa shape index (κ3) is 5.78. The van der Waals surface area contributed by atoms with Gasteiger partial charge in [0.2, 0.25) is 0 Å². The van der Waals surface area contributed by atoms with Crippen LogP contribution in [0.4, 0.5) is 0 Å². The molecule has 124 valence electrons. The molecule has 0 atom stereocenters. The topological polar surface area (TPSA) is 27.6 Å². The summed E-state index contributed by atoms with van der Waals surface area (Å²) in [6.07, 6.45) is 4.86. The van der Waals surface area contributed by atoms with Gasteiger partial charge in [-0.2, -0.15) is 0 Å². The van der Waals surface area contributed by atoms with Gasteiger partial charge in [-0.05, 0) is 42.7 Å². The van der Waals surface area contributed by atoms with E-state index in [2.05, 4.69) is 53.3 Å². The number of hydrogen-bond acceptors (Lipinski definition) is 1. The minimum absolute atomic E-state index is 0. The fourth-order valence-electron chi connectivity index (χ4n) is 2.82. The number of benzene rings is 1. The zero-order valence-electron chi connectivity index (χ0n) is 14.1. The summed E-state index contributed by atoms with van der Waals surface area (Å²) in [5, 5.41) is 3.49. The highest BCUT2D eigenvalue weighted by molar-refractivity contribution is 14.0. The summed E-state index contributed by atoms with van der Waals surface area (Å²) >= 11 is 0. The first kappa shape index (κ1) is 19.3.